The molecule has 0 heterocycles. The van der Waals surface area contributed by atoms with Crippen molar-refractivity contribution in [1.29, 1.82) is 0 Å². The second kappa shape index (κ2) is 7.37. The number of hydrogen-bond acceptors (Lipinski definition) is 4. The average Bonchev–Trinajstić information content (AvgIpc) is 2.49. The van der Waals surface area contributed by atoms with E-state index in [-0.39, 0.29) is 5.75 Å². The number of carbonyl (C=O) groups is 2. The van der Waals surface area contributed by atoms with Gasteiger partial charge in [-0.15, -0.1) is 0 Å². The van der Waals surface area contributed by atoms with Gasteiger partial charge in [0.25, 0.3) is 0 Å². The van der Waals surface area contributed by atoms with Gasteiger partial charge in [0.15, 0.2) is 0 Å². The molecule has 0 unspecified atom stereocenters. The molecule has 112 valence electrons. The molecule has 0 saturated carbocycles. The van der Waals surface area contributed by atoms with E-state index in [1.807, 2.05) is 0 Å². The molecule has 0 atom stereocenters. The van der Waals surface area contributed by atoms with Crippen molar-refractivity contribution in [2.45, 2.75) is 0 Å². The summed E-state index contributed by atoms with van der Waals surface area (Å²) in [6, 6.07) is 13.1. The van der Waals surface area contributed by atoms with Crippen LogP contribution in [0.4, 0.5) is 5.69 Å². The van der Waals surface area contributed by atoms with Gasteiger partial charge in [-0.3, -0.25) is 9.59 Å². The second-order valence-corrected chi connectivity index (χ2v) is 5.17. The SMILES string of the molecule is O=C(N/N=C\c1cccc(O)c1)C(=O)Nc1ccc(Br)cc1. The largest absolute Gasteiger partial charge is 0.508 e. The Morgan fingerprint density at radius 3 is 2.50 bits per heavy atom. The minimum absolute atomic E-state index is 0.0863. The Balaban J connectivity index is 1.89. The third-order valence-corrected chi connectivity index (χ3v) is 3.09. The number of anilines is 1. The predicted molar refractivity (Wildman–Crippen MR) is 86.6 cm³/mol. The molecule has 22 heavy (non-hydrogen) atoms. The highest BCUT2D eigenvalue weighted by molar-refractivity contribution is 9.10. The molecule has 0 bridgehead atoms. The maximum absolute atomic E-state index is 11.6. The highest BCUT2D eigenvalue weighted by Gasteiger charge is 2.12. The van der Waals surface area contributed by atoms with Crippen LogP contribution in [-0.4, -0.2) is 23.1 Å². The number of carbonyl (C=O) groups excluding carboxylic acids is 2. The Bertz CT molecular complexity index is 714. The molecule has 0 aromatic heterocycles. The molecule has 2 rings (SSSR count). The van der Waals surface area contributed by atoms with Crippen molar-refractivity contribution in [3.05, 3.63) is 58.6 Å². The van der Waals surface area contributed by atoms with Gasteiger partial charge in [-0.1, -0.05) is 28.1 Å². The number of phenolic OH excluding ortho intramolecular Hbond substituents is 1. The summed E-state index contributed by atoms with van der Waals surface area (Å²) >= 11 is 3.27. The van der Waals surface area contributed by atoms with Gasteiger partial charge >= 0.3 is 11.8 Å². The quantitative estimate of drug-likeness (QED) is 0.444. The number of nitrogens with zero attached hydrogens (tertiary/aromatic N) is 1. The van der Waals surface area contributed by atoms with Crippen LogP contribution in [0.1, 0.15) is 5.56 Å². The topological polar surface area (TPSA) is 90.8 Å². The van der Waals surface area contributed by atoms with Gasteiger partial charge in [-0.2, -0.15) is 5.10 Å². The van der Waals surface area contributed by atoms with E-state index in [9.17, 15) is 14.7 Å². The average molecular weight is 362 g/mol. The third-order valence-electron chi connectivity index (χ3n) is 2.56. The molecule has 2 aromatic rings. The lowest BCUT2D eigenvalue weighted by Gasteiger charge is -2.03. The van der Waals surface area contributed by atoms with Crippen molar-refractivity contribution in [3.8, 4) is 5.75 Å². The van der Waals surface area contributed by atoms with E-state index in [4.69, 9.17) is 0 Å². The summed E-state index contributed by atoms with van der Waals surface area (Å²) in [5.41, 5.74) is 3.20. The Morgan fingerprint density at radius 2 is 1.82 bits per heavy atom. The lowest BCUT2D eigenvalue weighted by Crippen LogP contribution is -2.32. The summed E-state index contributed by atoms with van der Waals surface area (Å²) in [7, 11) is 0. The first-order valence-corrected chi connectivity index (χ1v) is 7.03. The maximum Gasteiger partial charge on any atom is 0.329 e. The van der Waals surface area contributed by atoms with Crippen molar-refractivity contribution in [3.63, 3.8) is 0 Å². The minimum atomic E-state index is -0.890. The molecule has 6 nitrogen and oxygen atoms in total. The summed E-state index contributed by atoms with van der Waals surface area (Å²) in [6.45, 7) is 0. The Labute approximate surface area is 135 Å². The molecular formula is C15H12BrN3O3. The van der Waals surface area contributed by atoms with Crippen LogP contribution < -0.4 is 10.7 Å². The number of halogens is 1. The molecule has 0 spiro atoms. The zero-order chi connectivity index (χ0) is 15.9. The van der Waals surface area contributed by atoms with E-state index in [1.54, 1.807) is 36.4 Å². The van der Waals surface area contributed by atoms with Gasteiger partial charge < -0.3 is 10.4 Å². The number of hydrogen-bond donors (Lipinski definition) is 3. The van der Waals surface area contributed by atoms with E-state index >= 15 is 0 Å². The molecular weight excluding hydrogens is 350 g/mol. The van der Waals surface area contributed by atoms with Crippen LogP contribution in [0.15, 0.2) is 58.1 Å². The van der Waals surface area contributed by atoms with E-state index < -0.39 is 11.8 Å². The Morgan fingerprint density at radius 1 is 1.09 bits per heavy atom. The molecule has 0 aliphatic heterocycles. The summed E-state index contributed by atoms with van der Waals surface area (Å²) < 4.78 is 0.866. The van der Waals surface area contributed by atoms with Crippen molar-refractivity contribution in [2.24, 2.45) is 5.10 Å². The summed E-state index contributed by atoms with van der Waals surface area (Å²) in [6.07, 6.45) is 1.32. The summed E-state index contributed by atoms with van der Waals surface area (Å²) in [4.78, 5) is 23.2. The second-order valence-electron chi connectivity index (χ2n) is 4.26. The number of hydrazone groups is 1. The molecule has 2 aromatic carbocycles. The van der Waals surface area contributed by atoms with Crippen LogP contribution in [0.5, 0.6) is 5.75 Å². The number of aromatic hydroxyl groups is 1. The third kappa shape index (κ3) is 4.71. The molecule has 3 N–H and O–H groups in total. The fourth-order valence-electron chi connectivity index (χ4n) is 1.54. The van der Waals surface area contributed by atoms with Gasteiger partial charge in [-0.25, -0.2) is 5.43 Å². The molecule has 7 heteroatoms. The fourth-order valence-corrected chi connectivity index (χ4v) is 1.81. The van der Waals surface area contributed by atoms with Crippen molar-refractivity contribution >= 4 is 39.6 Å². The monoisotopic (exact) mass is 361 g/mol. The molecule has 2 amide bonds. The minimum Gasteiger partial charge on any atom is -0.508 e. The highest BCUT2D eigenvalue weighted by Crippen LogP contribution is 2.13. The van der Waals surface area contributed by atoms with Gasteiger partial charge in [0.2, 0.25) is 0 Å². The van der Waals surface area contributed by atoms with Crippen LogP contribution in [0.25, 0.3) is 0 Å². The van der Waals surface area contributed by atoms with E-state index in [2.05, 4.69) is 31.8 Å². The zero-order valence-corrected chi connectivity index (χ0v) is 12.9. The van der Waals surface area contributed by atoms with Crippen LogP contribution in [0.3, 0.4) is 0 Å². The lowest BCUT2D eigenvalue weighted by molar-refractivity contribution is -0.136. The van der Waals surface area contributed by atoms with E-state index in [1.165, 1.54) is 18.3 Å². The zero-order valence-electron chi connectivity index (χ0n) is 11.3. The van der Waals surface area contributed by atoms with Gasteiger partial charge in [-0.05, 0) is 42.0 Å². The van der Waals surface area contributed by atoms with Crippen LogP contribution >= 0.6 is 15.9 Å². The smallest absolute Gasteiger partial charge is 0.329 e. The van der Waals surface area contributed by atoms with Crippen molar-refractivity contribution in [2.75, 3.05) is 5.32 Å². The fraction of sp³-hybridized carbons (Fsp3) is 0. The van der Waals surface area contributed by atoms with Gasteiger partial charge in [0.1, 0.15) is 5.75 Å². The standard InChI is InChI=1S/C15H12BrN3O3/c16-11-4-6-12(7-5-11)18-14(21)15(22)19-17-9-10-2-1-3-13(20)8-10/h1-9,20H,(H,18,21)(H,19,22)/b17-9-. The number of nitrogens with one attached hydrogen (secondary N) is 2. The van der Waals surface area contributed by atoms with E-state index in [0.717, 1.165) is 4.47 Å². The van der Waals surface area contributed by atoms with Gasteiger partial charge in [0, 0.05) is 10.2 Å². The Hall–Kier alpha value is -2.67. The Kier molecular flexibility index (Phi) is 5.26. The number of phenols is 1. The lowest BCUT2D eigenvalue weighted by atomic mass is 10.2. The molecule has 0 aliphatic carbocycles. The molecule has 0 saturated heterocycles. The molecule has 0 aliphatic rings. The number of amides is 2. The van der Waals surface area contributed by atoms with Crippen molar-refractivity contribution < 1.29 is 14.7 Å². The van der Waals surface area contributed by atoms with Crippen LogP contribution in [0.2, 0.25) is 0 Å². The molecule has 0 radical (unpaired) electrons. The first-order valence-electron chi connectivity index (χ1n) is 6.23. The van der Waals surface area contributed by atoms with E-state index in [0.29, 0.717) is 11.3 Å². The van der Waals surface area contributed by atoms with Crippen LogP contribution in [-0.2, 0) is 9.59 Å². The first kappa shape index (κ1) is 15.7. The summed E-state index contributed by atoms with van der Waals surface area (Å²) in [5, 5.41) is 15.4. The number of rotatable bonds is 3. The highest BCUT2D eigenvalue weighted by atomic mass is 79.9. The number of benzene rings is 2. The normalized spacial score (nSPS) is 10.4. The maximum atomic E-state index is 11.6. The summed E-state index contributed by atoms with van der Waals surface area (Å²) in [5.74, 6) is -1.63. The van der Waals surface area contributed by atoms with Crippen molar-refractivity contribution in [1.82, 2.24) is 5.43 Å². The first-order chi connectivity index (χ1) is 10.5. The van der Waals surface area contributed by atoms with Gasteiger partial charge in [0.05, 0.1) is 6.21 Å². The van der Waals surface area contributed by atoms with Crippen LogP contribution in [0, 0.1) is 0 Å². The predicted octanol–water partition coefficient (Wildman–Crippen LogP) is 2.24. The molecule has 0 fully saturated rings.